The first-order chi connectivity index (χ1) is 16.3. The van der Waals surface area contributed by atoms with Crippen LogP contribution in [0.1, 0.15) is 55.7 Å². The number of hydrogen-bond donors (Lipinski definition) is 3. The van der Waals surface area contributed by atoms with Gasteiger partial charge in [0.25, 0.3) is 5.91 Å². The number of urea groups is 1. The van der Waals surface area contributed by atoms with Gasteiger partial charge in [0.1, 0.15) is 0 Å². The lowest BCUT2D eigenvalue weighted by atomic mass is 10.0. The van der Waals surface area contributed by atoms with Gasteiger partial charge in [-0.2, -0.15) is 0 Å². The summed E-state index contributed by atoms with van der Waals surface area (Å²) in [6.45, 7) is 11.0. The molecule has 1 aromatic carbocycles. The molecule has 3 rings (SSSR count). The molecule has 1 aromatic heterocycles. The molecule has 3 amide bonds. The molecule has 0 bridgehead atoms. The van der Waals surface area contributed by atoms with Gasteiger partial charge in [0, 0.05) is 32.2 Å². The summed E-state index contributed by atoms with van der Waals surface area (Å²) >= 11 is 0. The summed E-state index contributed by atoms with van der Waals surface area (Å²) in [6, 6.07) is 12.0. The van der Waals surface area contributed by atoms with E-state index in [1.165, 1.54) is 5.56 Å². The lowest BCUT2D eigenvalue weighted by molar-refractivity contribution is 0.0695. The fraction of sp³-hybridized carbons (Fsp3) is 0.538. The van der Waals surface area contributed by atoms with Gasteiger partial charge < -0.3 is 15.5 Å². The molecular formula is C26H38N6O2. The molecule has 3 N–H and O–H groups in total. The highest BCUT2D eigenvalue weighted by molar-refractivity contribution is 5.93. The second-order valence-corrected chi connectivity index (χ2v) is 9.86. The molecule has 184 valence electrons. The van der Waals surface area contributed by atoms with E-state index in [2.05, 4.69) is 66.0 Å². The van der Waals surface area contributed by atoms with Crippen molar-refractivity contribution in [3.63, 3.8) is 0 Å². The number of amides is 3. The van der Waals surface area contributed by atoms with Crippen LogP contribution in [0.3, 0.4) is 0 Å². The highest BCUT2D eigenvalue weighted by atomic mass is 16.2. The third-order valence-corrected chi connectivity index (χ3v) is 5.83. The smallest absolute Gasteiger partial charge is 0.320 e. The van der Waals surface area contributed by atoms with Crippen molar-refractivity contribution in [3.8, 4) is 0 Å². The molecule has 8 heteroatoms. The maximum atomic E-state index is 13.3. The standard InChI is InChI=1S/C26H38N6O2/c1-18(2)10-11-28-26(34)29-24-21(14-19(3)4)16-23(30-31-24)25(33)32-13-12-27-22(17-32)15-20-8-6-5-7-9-20/h5-9,16,18-19,22,27H,10-15,17H2,1-4H3,(H2,28,29,31,34)/t22-/m0/s1. The number of nitrogens with zero attached hydrogens (tertiary/aromatic N) is 3. The van der Waals surface area contributed by atoms with Gasteiger partial charge in [0.2, 0.25) is 0 Å². The zero-order valence-corrected chi connectivity index (χ0v) is 20.8. The third-order valence-electron chi connectivity index (χ3n) is 5.83. The van der Waals surface area contributed by atoms with Crippen LogP contribution in [0, 0.1) is 11.8 Å². The van der Waals surface area contributed by atoms with Crippen molar-refractivity contribution in [2.75, 3.05) is 31.5 Å². The summed E-state index contributed by atoms with van der Waals surface area (Å²) in [7, 11) is 0. The van der Waals surface area contributed by atoms with Crippen molar-refractivity contribution in [1.29, 1.82) is 0 Å². The predicted octanol–water partition coefficient (Wildman–Crippen LogP) is 3.50. The number of nitrogens with one attached hydrogen (secondary N) is 3. The van der Waals surface area contributed by atoms with Gasteiger partial charge in [-0.3, -0.25) is 10.1 Å². The van der Waals surface area contributed by atoms with E-state index in [4.69, 9.17) is 0 Å². The normalized spacial score (nSPS) is 16.1. The Kier molecular flexibility index (Phi) is 9.39. The molecule has 34 heavy (non-hydrogen) atoms. The predicted molar refractivity (Wildman–Crippen MR) is 135 cm³/mol. The quantitative estimate of drug-likeness (QED) is 0.525. The van der Waals surface area contributed by atoms with Crippen LogP contribution in [0.4, 0.5) is 10.6 Å². The molecule has 1 aliphatic heterocycles. The van der Waals surface area contributed by atoms with Gasteiger partial charge in [0.15, 0.2) is 11.5 Å². The van der Waals surface area contributed by atoms with E-state index in [1.54, 1.807) is 6.07 Å². The van der Waals surface area contributed by atoms with Gasteiger partial charge in [0.05, 0.1) is 0 Å². The average Bonchev–Trinajstić information content (AvgIpc) is 2.80. The summed E-state index contributed by atoms with van der Waals surface area (Å²) in [6.07, 6.45) is 2.46. The monoisotopic (exact) mass is 466 g/mol. The summed E-state index contributed by atoms with van der Waals surface area (Å²) in [4.78, 5) is 27.4. The van der Waals surface area contributed by atoms with Crippen LogP contribution in [0.15, 0.2) is 36.4 Å². The molecule has 0 unspecified atom stereocenters. The molecule has 0 radical (unpaired) electrons. The van der Waals surface area contributed by atoms with E-state index in [9.17, 15) is 9.59 Å². The van der Waals surface area contributed by atoms with E-state index < -0.39 is 0 Å². The third kappa shape index (κ3) is 7.80. The Morgan fingerprint density at radius 3 is 2.59 bits per heavy atom. The Labute approximate surface area is 202 Å². The number of anilines is 1. The molecule has 0 saturated carbocycles. The van der Waals surface area contributed by atoms with Crippen LogP contribution in [-0.2, 0) is 12.8 Å². The number of aromatic nitrogens is 2. The first kappa shape index (κ1) is 25.6. The van der Waals surface area contributed by atoms with Crippen LogP contribution >= 0.6 is 0 Å². The lowest BCUT2D eigenvalue weighted by Gasteiger charge is -2.33. The minimum Gasteiger partial charge on any atom is -0.338 e. The molecule has 0 spiro atoms. The Morgan fingerprint density at radius 1 is 1.12 bits per heavy atom. The van der Waals surface area contributed by atoms with Crippen LogP contribution in [0.25, 0.3) is 0 Å². The second kappa shape index (κ2) is 12.5. The fourth-order valence-corrected chi connectivity index (χ4v) is 4.07. The van der Waals surface area contributed by atoms with E-state index in [1.807, 2.05) is 23.1 Å². The van der Waals surface area contributed by atoms with Gasteiger partial charge in [-0.05, 0) is 48.3 Å². The maximum Gasteiger partial charge on any atom is 0.320 e. The topological polar surface area (TPSA) is 99.2 Å². The SMILES string of the molecule is CC(C)CCNC(=O)Nc1nnc(C(=O)N2CCN[C@@H](Cc3ccccc3)C2)cc1CC(C)C. The average molecular weight is 467 g/mol. The number of hydrogen-bond acceptors (Lipinski definition) is 5. The second-order valence-electron chi connectivity index (χ2n) is 9.86. The van der Waals surface area contributed by atoms with Gasteiger partial charge >= 0.3 is 6.03 Å². The molecule has 2 heterocycles. The first-order valence-corrected chi connectivity index (χ1v) is 12.3. The molecule has 2 aromatic rings. The molecule has 8 nitrogen and oxygen atoms in total. The molecule has 1 saturated heterocycles. The van der Waals surface area contributed by atoms with Crippen molar-refractivity contribution in [2.45, 2.75) is 53.0 Å². The minimum atomic E-state index is -0.301. The lowest BCUT2D eigenvalue weighted by Crippen LogP contribution is -2.53. The van der Waals surface area contributed by atoms with Gasteiger partial charge in [-0.1, -0.05) is 58.0 Å². The van der Waals surface area contributed by atoms with E-state index >= 15 is 0 Å². The van der Waals surface area contributed by atoms with Gasteiger partial charge in [-0.15, -0.1) is 10.2 Å². The summed E-state index contributed by atoms with van der Waals surface area (Å²) < 4.78 is 0. The van der Waals surface area contributed by atoms with E-state index in [0.29, 0.717) is 49.4 Å². The minimum absolute atomic E-state index is 0.120. The Morgan fingerprint density at radius 2 is 1.88 bits per heavy atom. The van der Waals surface area contributed by atoms with E-state index in [-0.39, 0.29) is 18.0 Å². The van der Waals surface area contributed by atoms with Gasteiger partial charge in [-0.25, -0.2) is 4.79 Å². The van der Waals surface area contributed by atoms with E-state index in [0.717, 1.165) is 24.9 Å². The summed E-state index contributed by atoms with van der Waals surface area (Å²) in [5.41, 5.74) is 2.39. The van der Waals surface area contributed by atoms with Crippen LogP contribution < -0.4 is 16.0 Å². The summed E-state index contributed by atoms with van der Waals surface area (Å²) in [5.74, 6) is 1.14. The zero-order chi connectivity index (χ0) is 24.5. The molecule has 0 aliphatic carbocycles. The molecule has 1 atom stereocenters. The van der Waals surface area contributed by atoms with Crippen molar-refractivity contribution < 1.29 is 9.59 Å². The van der Waals surface area contributed by atoms with Crippen LogP contribution in [0.5, 0.6) is 0 Å². The van der Waals surface area contributed by atoms with Crippen LogP contribution in [-0.4, -0.2) is 59.3 Å². The summed E-state index contributed by atoms with van der Waals surface area (Å²) in [5, 5.41) is 17.6. The fourth-order valence-electron chi connectivity index (χ4n) is 4.07. The number of carbonyl (C=O) groups is 2. The number of rotatable bonds is 9. The maximum absolute atomic E-state index is 13.3. The highest BCUT2D eigenvalue weighted by Gasteiger charge is 2.26. The van der Waals surface area contributed by atoms with Crippen LogP contribution in [0.2, 0.25) is 0 Å². The largest absolute Gasteiger partial charge is 0.338 e. The zero-order valence-electron chi connectivity index (χ0n) is 20.8. The van der Waals surface area contributed by atoms with Crippen molar-refractivity contribution >= 4 is 17.8 Å². The number of benzene rings is 1. The molecular weight excluding hydrogens is 428 g/mol. The Balaban J connectivity index is 1.67. The first-order valence-electron chi connectivity index (χ1n) is 12.3. The Hall–Kier alpha value is -3.00. The number of carbonyl (C=O) groups excluding carboxylic acids is 2. The van der Waals surface area contributed by atoms with Crippen molar-refractivity contribution in [3.05, 3.63) is 53.2 Å². The molecule has 1 aliphatic rings. The van der Waals surface area contributed by atoms with Crippen molar-refractivity contribution in [1.82, 2.24) is 25.7 Å². The Bertz CT molecular complexity index is 948. The molecule has 1 fully saturated rings. The number of piperazine rings is 1. The van der Waals surface area contributed by atoms with Crippen molar-refractivity contribution in [2.24, 2.45) is 11.8 Å². The highest BCUT2D eigenvalue weighted by Crippen LogP contribution is 2.19.